The molecule has 3 aromatic rings. The summed E-state index contributed by atoms with van der Waals surface area (Å²) in [4.78, 5) is 0. The summed E-state index contributed by atoms with van der Waals surface area (Å²) in [6.45, 7) is 1.57. The van der Waals surface area contributed by atoms with Crippen LogP contribution >= 0.6 is 11.6 Å². The second-order valence-corrected chi connectivity index (χ2v) is 6.47. The fourth-order valence-electron chi connectivity index (χ4n) is 2.73. The van der Waals surface area contributed by atoms with Crippen molar-refractivity contribution in [2.75, 3.05) is 7.11 Å². The van der Waals surface area contributed by atoms with Gasteiger partial charge in [0.2, 0.25) is 0 Å². The maximum atomic E-state index is 13.0. The van der Waals surface area contributed by atoms with E-state index < -0.39 is 0 Å². The molecule has 0 saturated heterocycles. The van der Waals surface area contributed by atoms with Crippen LogP contribution in [-0.2, 0) is 19.7 Å². The summed E-state index contributed by atoms with van der Waals surface area (Å²) in [6.07, 6.45) is 0. The predicted octanol–water partition coefficient (Wildman–Crippen LogP) is 5.36. The van der Waals surface area contributed by atoms with E-state index >= 15 is 0 Å². The number of hydrogen-bond acceptors (Lipinski definition) is 3. The van der Waals surface area contributed by atoms with Crippen LogP contribution in [0.3, 0.4) is 0 Å². The molecule has 0 spiro atoms. The highest BCUT2D eigenvalue weighted by Crippen LogP contribution is 2.32. The Morgan fingerprint density at radius 2 is 1.63 bits per heavy atom. The van der Waals surface area contributed by atoms with Gasteiger partial charge in [-0.1, -0.05) is 54.1 Å². The number of methoxy groups -OCH3 is 1. The predicted molar refractivity (Wildman–Crippen MR) is 106 cm³/mol. The molecule has 0 aliphatic rings. The zero-order valence-corrected chi connectivity index (χ0v) is 15.8. The zero-order valence-electron chi connectivity index (χ0n) is 15.0. The van der Waals surface area contributed by atoms with E-state index in [1.54, 1.807) is 19.2 Å². The average Bonchev–Trinajstić information content (AvgIpc) is 2.69. The molecule has 0 bridgehead atoms. The van der Waals surface area contributed by atoms with Crippen molar-refractivity contribution in [3.05, 3.63) is 94.3 Å². The van der Waals surface area contributed by atoms with Crippen LogP contribution in [0.25, 0.3) is 0 Å². The minimum absolute atomic E-state index is 0.234. The Bertz CT molecular complexity index is 884. The third-order valence-corrected chi connectivity index (χ3v) is 4.54. The molecule has 27 heavy (non-hydrogen) atoms. The van der Waals surface area contributed by atoms with Gasteiger partial charge in [-0.3, -0.25) is 0 Å². The van der Waals surface area contributed by atoms with Gasteiger partial charge in [-0.05, 0) is 29.8 Å². The number of halogens is 2. The molecule has 0 fully saturated rings. The fraction of sp³-hybridized carbons (Fsp3) is 0.182. The third kappa shape index (κ3) is 5.22. The number of benzene rings is 3. The van der Waals surface area contributed by atoms with E-state index in [4.69, 9.17) is 21.1 Å². The van der Waals surface area contributed by atoms with Crippen LogP contribution < -0.4 is 14.8 Å². The summed E-state index contributed by atoms with van der Waals surface area (Å²) in [7, 11) is 1.62. The van der Waals surface area contributed by atoms with E-state index in [9.17, 15) is 4.39 Å². The van der Waals surface area contributed by atoms with Gasteiger partial charge in [-0.2, -0.15) is 0 Å². The van der Waals surface area contributed by atoms with Crippen molar-refractivity contribution in [3.8, 4) is 11.5 Å². The highest BCUT2D eigenvalue weighted by atomic mass is 35.5. The minimum Gasteiger partial charge on any atom is -0.493 e. The van der Waals surface area contributed by atoms with Crippen molar-refractivity contribution in [2.45, 2.75) is 19.7 Å². The molecule has 3 aromatic carbocycles. The second kappa shape index (κ2) is 9.40. The Labute approximate surface area is 163 Å². The van der Waals surface area contributed by atoms with Crippen molar-refractivity contribution in [2.24, 2.45) is 0 Å². The van der Waals surface area contributed by atoms with Crippen LogP contribution in [0.2, 0.25) is 5.02 Å². The van der Waals surface area contributed by atoms with Crippen molar-refractivity contribution >= 4 is 11.6 Å². The van der Waals surface area contributed by atoms with Gasteiger partial charge >= 0.3 is 0 Å². The Balaban J connectivity index is 1.69. The summed E-state index contributed by atoms with van der Waals surface area (Å²) in [6, 6.07) is 19.8. The zero-order chi connectivity index (χ0) is 19.1. The molecular weight excluding hydrogens is 365 g/mol. The van der Waals surface area contributed by atoms with Gasteiger partial charge < -0.3 is 14.8 Å². The molecule has 0 saturated carbocycles. The molecule has 0 amide bonds. The van der Waals surface area contributed by atoms with Gasteiger partial charge in [-0.25, -0.2) is 4.39 Å². The Kier molecular flexibility index (Phi) is 6.69. The van der Waals surface area contributed by atoms with Crippen LogP contribution in [-0.4, -0.2) is 7.11 Å². The van der Waals surface area contributed by atoms with Crippen LogP contribution in [0.4, 0.5) is 4.39 Å². The molecule has 0 aliphatic carbocycles. The van der Waals surface area contributed by atoms with Crippen LogP contribution in [0.15, 0.2) is 66.7 Å². The maximum absolute atomic E-state index is 13.0. The molecule has 0 aliphatic heterocycles. The van der Waals surface area contributed by atoms with Gasteiger partial charge in [0, 0.05) is 29.2 Å². The molecule has 0 atom stereocenters. The van der Waals surface area contributed by atoms with E-state index in [2.05, 4.69) is 5.32 Å². The van der Waals surface area contributed by atoms with Gasteiger partial charge in [-0.15, -0.1) is 0 Å². The molecule has 0 unspecified atom stereocenters. The molecular formula is C22H21ClFNO2. The lowest BCUT2D eigenvalue weighted by Gasteiger charge is -2.16. The summed E-state index contributed by atoms with van der Waals surface area (Å²) < 4.78 is 24.5. The lowest BCUT2D eigenvalue weighted by Crippen LogP contribution is -2.14. The number of rotatable bonds is 8. The first-order chi connectivity index (χ1) is 13.2. The molecule has 0 aromatic heterocycles. The van der Waals surface area contributed by atoms with Crippen molar-refractivity contribution in [1.82, 2.24) is 5.32 Å². The first kappa shape index (κ1) is 19.2. The second-order valence-electron chi connectivity index (χ2n) is 6.06. The maximum Gasteiger partial charge on any atom is 0.166 e. The molecule has 1 N–H and O–H groups in total. The summed E-state index contributed by atoms with van der Waals surface area (Å²) in [5.41, 5.74) is 2.90. The van der Waals surface area contributed by atoms with Crippen LogP contribution in [0.1, 0.15) is 16.7 Å². The van der Waals surface area contributed by atoms with Crippen molar-refractivity contribution < 1.29 is 13.9 Å². The Morgan fingerprint density at radius 3 is 2.37 bits per heavy atom. The number of nitrogens with one attached hydrogen (secondary N) is 1. The molecule has 0 heterocycles. The van der Waals surface area contributed by atoms with E-state index in [0.717, 1.165) is 16.7 Å². The fourth-order valence-corrected chi connectivity index (χ4v) is 2.92. The lowest BCUT2D eigenvalue weighted by molar-refractivity contribution is 0.280. The Hall–Kier alpha value is -2.56. The van der Waals surface area contributed by atoms with Crippen LogP contribution in [0.5, 0.6) is 11.5 Å². The highest BCUT2D eigenvalue weighted by molar-refractivity contribution is 6.31. The molecule has 0 radical (unpaired) electrons. The van der Waals surface area contributed by atoms with Crippen molar-refractivity contribution in [3.63, 3.8) is 0 Å². The Morgan fingerprint density at radius 1 is 0.889 bits per heavy atom. The highest BCUT2D eigenvalue weighted by Gasteiger charge is 2.11. The topological polar surface area (TPSA) is 30.5 Å². The summed E-state index contributed by atoms with van der Waals surface area (Å²) in [5.74, 6) is 1.12. The molecule has 5 heteroatoms. The van der Waals surface area contributed by atoms with E-state index in [0.29, 0.717) is 36.2 Å². The number of ether oxygens (including phenoxy) is 2. The normalized spacial score (nSPS) is 10.6. The lowest BCUT2D eigenvalue weighted by atomic mass is 10.1. The van der Waals surface area contributed by atoms with E-state index in [1.165, 1.54) is 12.1 Å². The standard InChI is InChI=1S/C22H21ClFNO2/c1-26-21-8-4-6-17(14-25-13-16-9-11-19(24)12-10-16)22(21)27-15-18-5-2-3-7-20(18)23/h2-12,25H,13-15H2,1H3. The largest absolute Gasteiger partial charge is 0.493 e. The minimum atomic E-state index is -0.234. The smallest absolute Gasteiger partial charge is 0.166 e. The van der Waals surface area contributed by atoms with Gasteiger partial charge in [0.25, 0.3) is 0 Å². The van der Waals surface area contributed by atoms with E-state index in [-0.39, 0.29) is 5.82 Å². The molecule has 3 rings (SSSR count). The van der Waals surface area contributed by atoms with Crippen molar-refractivity contribution in [1.29, 1.82) is 0 Å². The number of hydrogen-bond donors (Lipinski definition) is 1. The molecule has 3 nitrogen and oxygen atoms in total. The first-order valence-corrected chi connectivity index (χ1v) is 9.02. The third-order valence-electron chi connectivity index (χ3n) is 4.17. The van der Waals surface area contributed by atoms with E-state index in [1.807, 2.05) is 42.5 Å². The first-order valence-electron chi connectivity index (χ1n) is 8.64. The number of para-hydroxylation sites is 1. The van der Waals surface area contributed by atoms with Gasteiger partial charge in [0.1, 0.15) is 12.4 Å². The average molecular weight is 386 g/mol. The molecule has 140 valence electrons. The SMILES string of the molecule is COc1cccc(CNCc2ccc(F)cc2)c1OCc1ccccc1Cl. The summed E-state index contributed by atoms with van der Waals surface area (Å²) >= 11 is 6.22. The summed E-state index contributed by atoms with van der Waals surface area (Å²) in [5, 5.41) is 4.02. The van der Waals surface area contributed by atoms with Gasteiger partial charge in [0.05, 0.1) is 7.11 Å². The monoisotopic (exact) mass is 385 g/mol. The van der Waals surface area contributed by atoms with Crippen LogP contribution in [0, 0.1) is 5.82 Å². The quantitative estimate of drug-likeness (QED) is 0.566. The van der Waals surface area contributed by atoms with Gasteiger partial charge in [0.15, 0.2) is 11.5 Å².